The molecule has 1 aromatic heterocycles. The van der Waals surface area contributed by atoms with Gasteiger partial charge in [0, 0.05) is 45.1 Å². The van der Waals surface area contributed by atoms with Crippen LogP contribution in [-0.2, 0) is 16.6 Å². The van der Waals surface area contributed by atoms with Gasteiger partial charge in [-0.25, -0.2) is 8.42 Å². The lowest BCUT2D eigenvalue weighted by molar-refractivity contribution is 0.182. The molecule has 1 aromatic rings. The van der Waals surface area contributed by atoms with E-state index < -0.39 is 10.0 Å². The quantitative estimate of drug-likeness (QED) is 0.767. The number of nitrogens with zero attached hydrogens (tertiary/aromatic N) is 3. The van der Waals surface area contributed by atoms with Gasteiger partial charge in [-0.2, -0.15) is 4.31 Å². The van der Waals surface area contributed by atoms with Crippen LogP contribution in [0.5, 0.6) is 0 Å². The number of rotatable bonds is 4. The molecule has 1 aliphatic heterocycles. The van der Waals surface area contributed by atoms with Gasteiger partial charge in [0.25, 0.3) is 0 Å². The fourth-order valence-electron chi connectivity index (χ4n) is 1.98. The Labute approximate surface area is 116 Å². The van der Waals surface area contributed by atoms with Crippen LogP contribution < -0.4 is 0 Å². The Hall–Kier alpha value is -0.500. The first-order valence-corrected chi connectivity index (χ1v) is 8.50. The van der Waals surface area contributed by atoms with E-state index in [1.54, 1.807) is 10.5 Å². The third-order valence-corrected chi connectivity index (χ3v) is 6.15. The predicted octanol–water partition coefficient (Wildman–Crippen LogP) is 0.881. The molecule has 18 heavy (non-hydrogen) atoms. The summed E-state index contributed by atoms with van der Waals surface area (Å²) in [6, 6.07) is 3.95. The number of hydrogen-bond donors (Lipinski definition) is 0. The Kier molecular flexibility index (Phi) is 4.71. The smallest absolute Gasteiger partial charge is 0.224 e. The van der Waals surface area contributed by atoms with Crippen molar-refractivity contribution in [2.24, 2.45) is 0 Å². The zero-order valence-electron chi connectivity index (χ0n) is 10.00. The summed E-state index contributed by atoms with van der Waals surface area (Å²) in [7, 11) is -3.11. The highest BCUT2D eigenvalue weighted by atomic mass is 79.9. The van der Waals surface area contributed by atoms with Gasteiger partial charge in [0.15, 0.2) is 0 Å². The van der Waals surface area contributed by atoms with Crippen molar-refractivity contribution in [3.8, 4) is 0 Å². The van der Waals surface area contributed by atoms with Gasteiger partial charge in [-0.1, -0.05) is 22.0 Å². The molecule has 1 aliphatic rings. The van der Waals surface area contributed by atoms with Crippen LogP contribution in [0, 0.1) is 0 Å². The zero-order chi connectivity index (χ0) is 13.0. The first kappa shape index (κ1) is 13.9. The van der Waals surface area contributed by atoms with Crippen molar-refractivity contribution in [3.05, 3.63) is 30.1 Å². The average Bonchev–Trinajstić information content (AvgIpc) is 2.40. The zero-order valence-corrected chi connectivity index (χ0v) is 12.4. The molecular weight excluding hydrogens is 318 g/mol. The maximum Gasteiger partial charge on any atom is 0.224 e. The van der Waals surface area contributed by atoms with Gasteiger partial charge >= 0.3 is 0 Å². The van der Waals surface area contributed by atoms with E-state index in [9.17, 15) is 8.42 Å². The molecule has 2 rings (SSSR count). The molecule has 0 N–H and O–H groups in total. The number of alkyl halides is 1. The second-order valence-electron chi connectivity index (χ2n) is 4.26. The summed E-state index contributed by atoms with van der Waals surface area (Å²) in [5.74, 6) is 0. The minimum atomic E-state index is -3.11. The van der Waals surface area contributed by atoms with Gasteiger partial charge in [-0.3, -0.25) is 9.88 Å². The molecular formula is C11H16BrN3O2S. The second-order valence-corrected chi connectivity index (χ2v) is 7.53. The molecule has 0 aromatic carbocycles. The Bertz CT molecular complexity index is 472. The molecule has 2 heterocycles. The summed E-state index contributed by atoms with van der Waals surface area (Å²) in [6.45, 7) is 3.49. The van der Waals surface area contributed by atoms with Gasteiger partial charge in [0.05, 0.1) is 0 Å². The van der Waals surface area contributed by atoms with Gasteiger partial charge in [0.2, 0.25) is 10.0 Å². The summed E-state index contributed by atoms with van der Waals surface area (Å²) < 4.78 is 24.9. The van der Waals surface area contributed by atoms with E-state index in [-0.39, 0.29) is 4.66 Å². The van der Waals surface area contributed by atoms with Gasteiger partial charge in [-0.15, -0.1) is 0 Å². The molecule has 0 radical (unpaired) electrons. The lowest BCUT2D eigenvalue weighted by Gasteiger charge is -2.33. The molecule has 1 saturated heterocycles. The third kappa shape index (κ3) is 3.50. The fraction of sp³-hybridized carbons (Fsp3) is 0.545. The van der Waals surface area contributed by atoms with Crippen LogP contribution >= 0.6 is 15.9 Å². The number of aromatic nitrogens is 1. The van der Waals surface area contributed by atoms with Crippen molar-refractivity contribution in [1.29, 1.82) is 0 Å². The standard InChI is InChI=1S/C11H16BrN3O2S/c12-10-18(16,17)15-6-4-14(5-7-15)9-11-2-1-3-13-8-11/h1-3,8H,4-7,9-10H2. The number of sulfonamides is 1. The Morgan fingerprint density at radius 1 is 1.28 bits per heavy atom. The summed E-state index contributed by atoms with van der Waals surface area (Å²) in [5.41, 5.74) is 1.16. The van der Waals surface area contributed by atoms with Crippen LogP contribution in [-0.4, -0.2) is 53.4 Å². The van der Waals surface area contributed by atoms with E-state index in [2.05, 4.69) is 25.8 Å². The molecule has 0 bridgehead atoms. The number of halogens is 1. The molecule has 0 saturated carbocycles. The van der Waals surface area contributed by atoms with Crippen LogP contribution in [0.3, 0.4) is 0 Å². The van der Waals surface area contributed by atoms with Crippen molar-refractivity contribution in [3.63, 3.8) is 0 Å². The van der Waals surface area contributed by atoms with Crippen LogP contribution in [0.2, 0.25) is 0 Å². The van der Waals surface area contributed by atoms with E-state index >= 15 is 0 Å². The summed E-state index contributed by atoms with van der Waals surface area (Å²) in [5, 5.41) is 0. The van der Waals surface area contributed by atoms with Crippen molar-refractivity contribution < 1.29 is 8.42 Å². The number of pyridine rings is 1. The molecule has 0 spiro atoms. The average molecular weight is 334 g/mol. The third-order valence-electron chi connectivity index (χ3n) is 2.99. The largest absolute Gasteiger partial charge is 0.296 e. The van der Waals surface area contributed by atoms with Crippen LogP contribution in [0.1, 0.15) is 5.56 Å². The van der Waals surface area contributed by atoms with E-state index in [4.69, 9.17) is 0 Å². The van der Waals surface area contributed by atoms with Crippen molar-refractivity contribution >= 4 is 26.0 Å². The second kappa shape index (κ2) is 6.10. The lowest BCUT2D eigenvalue weighted by Crippen LogP contribution is -2.48. The highest BCUT2D eigenvalue weighted by Crippen LogP contribution is 2.12. The summed E-state index contributed by atoms with van der Waals surface area (Å²) in [6.07, 6.45) is 3.60. The summed E-state index contributed by atoms with van der Waals surface area (Å²) >= 11 is 3.02. The first-order chi connectivity index (χ1) is 8.62. The van der Waals surface area contributed by atoms with E-state index in [1.807, 2.05) is 18.3 Å². The Balaban J connectivity index is 1.88. The Morgan fingerprint density at radius 3 is 2.56 bits per heavy atom. The SMILES string of the molecule is O=S(=O)(CBr)N1CCN(Cc2cccnc2)CC1. The number of hydrogen-bond acceptors (Lipinski definition) is 4. The highest BCUT2D eigenvalue weighted by Gasteiger charge is 2.25. The Morgan fingerprint density at radius 2 is 2.00 bits per heavy atom. The van der Waals surface area contributed by atoms with Gasteiger partial charge in [0.1, 0.15) is 4.66 Å². The molecule has 0 aliphatic carbocycles. The van der Waals surface area contributed by atoms with E-state index in [1.165, 1.54) is 0 Å². The molecule has 1 fully saturated rings. The molecule has 100 valence electrons. The topological polar surface area (TPSA) is 53.5 Å². The molecule has 0 amide bonds. The van der Waals surface area contributed by atoms with Crippen LogP contribution in [0.4, 0.5) is 0 Å². The summed E-state index contributed by atoms with van der Waals surface area (Å²) in [4.78, 5) is 6.33. The predicted molar refractivity (Wildman–Crippen MR) is 73.8 cm³/mol. The van der Waals surface area contributed by atoms with Gasteiger partial charge in [-0.05, 0) is 11.6 Å². The molecule has 7 heteroatoms. The minimum absolute atomic E-state index is 0.00258. The molecule has 0 unspecified atom stereocenters. The fourth-order valence-corrected chi connectivity index (χ4v) is 3.71. The van der Waals surface area contributed by atoms with Crippen LogP contribution in [0.25, 0.3) is 0 Å². The number of piperazine rings is 1. The highest BCUT2D eigenvalue weighted by molar-refractivity contribution is 9.10. The van der Waals surface area contributed by atoms with Crippen molar-refractivity contribution in [2.75, 3.05) is 30.8 Å². The maximum atomic E-state index is 11.7. The van der Waals surface area contributed by atoms with E-state index in [0.717, 1.165) is 25.2 Å². The molecule has 5 nitrogen and oxygen atoms in total. The van der Waals surface area contributed by atoms with Crippen molar-refractivity contribution in [2.45, 2.75) is 6.54 Å². The van der Waals surface area contributed by atoms with Crippen LogP contribution in [0.15, 0.2) is 24.5 Å². The minimum Gasteiger partial charge on any atom is -0.296 e. The molecule has 0 atom stereocenters. The first-order valence-electron chi connectivity index (χ1n) is 5.77. The monoisotopic (exact) mass is 333 g/mol. The lowest BCUT2D eigenvalue weighted by atomic mass is 10.2. The normalized spacial score (nSPS) is 18.9. The van der Waals surface area contributed by atoms with Crippen molar-refractivity contribution in [1.82, 2.24) is 14.2 Å². The maximum absolute atomic E-state index is 11.7. The van der Waals surface area contributed by atoms with Gasteiger partial charge < -0.3 is 0 Å². The van der Waals surface area contributed by atoms with E-state index in [0.29, 0.717) is 13.1 Å².